The fourth-order valence-corrected chi connectivity index (χ4v) is 2.55. The smallest absolute Gasteiger partial charge is 0.152 e. The van der Waals surface area contributed by atoms with Gasteiger partial charge < -0.3 is 4.98 Å². The van der Waals surface area contributed by atoms with Crippen molar-refractivity contribution in [3.8, 4) is 0 Å². The minimum atomic E-state index is 0.527. The van der Waals surface area contributed by atoms with Crippen LogP contribution in [-0.2, 0) is 0 Å². The second-order valence-electron chi connectivity index (χ2n) is 4.11. The second kappa shape index (κ2) is 4.68. The van der Waals surface area contributed by atoms with Gasteiger partial charge in [0, 0.05) is 31.2 Å². The number of hydrogen-bond donors (Lipinski definition) is 2. The van der Waals surface area contributed by atoms with Gasteiger partial charge in [-0.05, 0) is 18.6 Å². The molecule has 2 aromatic rings. The van der Waals surface area contributed by atoms with Gasteiger partial charge in [-0.25, -0.2) is 5.01 Å². The number of nitrogens with one attached hydrogen (secondary N) is 1. The van der Waals surface area contributed by atoms with E-state index in [-0.39, 0.29) is 0 Å². The van der Waals surface area contributed by atoms with Crippen LogP contribution in [-0.4, -0.2) is 28.4 Å². The van der Waals surface area contributed by atoms with E-state index in [0.29, 0.717) is 4.32 Å². The van der Waals surface area contributed by atoms with E-state index >= 15 is 0 Å². The van der Waals surface area contributed by atoms with Crippen LogP contribution in [0.2, 0.25) is 0 Å². The van der Waals surface area contributed by atoms with Crippen LogP contribution in [0.4, 0.5) is 5.69 Å². The molecule has 17 heavy (non-hydrogen) atoms. The molecule has 0 saturated carbocycles. The SMILES string of the molecule is Cc1cccc2[nH]cc(N(C(=S)S)N(C)C)c12. The highest BCUT2D eigenvalue weighted by atomic mass is 32.1. The Bertz CT molecular complexity index is 560. The molecule has 0 aliphatic rings. The molecule has 0 amide bonds. The van der Waals surface area contributed by atoms with Crippen LogP contribution < -0.4 is 5.01 Å². The third kappa shape index (κ3) is 2.18. The molecule has 1 heterocycles. The average Bonchev–Trinajstić information content (AvgIpc) is 2.62. The van der Waals surface area contributed by atoms with Crippen molar-refractivity contribution in [2.45, 2.75) is 6.92 Å². The third-order valence-electron chi connectivity index (χ3n) is 2.70. The van der Waals surface area contributed by atoms with Gasteiger partial charge in [0.1, 0.15) is 0 Å². The summed E-state index contributed by atoms with van der Waals surface area (Å²) in [4.78, 5) is 3.26. The Hall–Kier alpha value is -1.04. The summed E-state index contributed by atoms with van der Waals surface area (Å²) < 4.78 is 0.527. The van der Waals surface area contributed by atoms with Crippen molar-refractivity contribution in [1.82, 2.24) is 9.99 Å². The van der Waals surface area contributed by atoms with E-state index in [1.165, 1.54) is 10.9 Å². The molecule has 0 atom stereocenters. The summed E-state index contributed by atoms with van der Waals surface area (Å²) in [6.07, 6.45) is 1.96. The quantitative estimate of drug-likeness (QED) is 0.495. The lowest BCUT2D eigenvalue weighted by Gasteiger charge is -2.28. The molecule has 0 saturated heterocycles. The Kier molecular flexibility index (Phi) is 3.42. The Morgan fingerprint density at radius 3 is 2.65 bits per heavy atom. The highest BCUT2D eigenvalue weighted by Crippen LogP contribution is 2.30. The van der Waals surface area contributed by atoms with Gasteiger partial charge in [0.25, 0.3) is 0 Å². The van der Waals surface area contributed by atoms with E-state index in [1.807, 2.05) is 36.4 Å². The molecule has 2 rings (SSSR count). The van der Waals surface area contributed by atoms with Crippen molar-refractivity contribution in [2.24, 2.45) is 0 Å². The van der Waals surface area contributed by atoms with Crippen molar-refractivity contribution in [3.05, 3.63) is 30.0 Å². The molecule has 0 spiro atoms. The monoisotopic (exact) mass is 265 g/mol. The lowest BCUT2D eigenvalue weighted by atomic mass is 10.1. The maximum Gasteiger partial charge on any atom is 0.152 e. The minimum absolute atomic E-state index is 0.527. The van der Waals surface area contributed by atoms with E-state index in [9.17, 15) is 0 Å². The van der Waals surface area contributed by atoms with Crippen molar-refractivity contribution in [3.63, 3.8) is 0 Å². The first-order valence-corrected chi connectivity index (χ1v) is 6.15. The topological polar surface area (TPSA) is 22.3 Å². The van der Waals surface area contributed by atoms with Crippen molar-refractivity contribution in [2.75, 3.05) is 19.1 Å². The summed E-state index contributed by atoms with van der Waals surface area (Å²) in [7, 11) is 3.89. The van der Waals surface area contributed by atoms with Crippen molar-refractivity contribution in [1.29, 1.82) is 0 Å². The molecule has 5 heteroatoms. The number of hydrazine groups is 1. The van der Waals surface area contributed by atoms with Crippen molar-refractivity contribution < 1.29 is 0 Å². The van der Waals surface area contributed by atoms with Crippen LogP contribution in [0.1, 0.15) is 5.56 Å². The third-order valence-corrected chi connectivity index (χ3v) is 3.07. The number of fused-ring (bicyclic) bond motifs is 1. The van der Waals surface area contributed by atoms with Gasteiger partial charge in [-0.15, -0.1) is 12.6 Å². The molecule has 0 radical (unpaired) electrons. The number of thiol groups is 1. The number of hydrogen-bond acceptors (Lipinski definition) is 2. The Balaban J connectivity index is 2.66. The number of rotatable bonds is 2. The molecule has 0 unspecified atom stereocenters. The highest BCUT2D eigenvalue weighted by molar-refractivity contribution is 8.11. The molecule has 1 aromatic carbocycles. The van der Waals surface area contributed by atoms with Crippen LogP contribution in [0.5, 0.6) is 0 Å². The second-order valence-corrected chi connectivity index (χ2v) is 5.23. The van der Waals surface area contributed by atoms with Crippen LogP contribution in [0.25, 0.3) is 10.9 Å². The lowest BCUT2D eigenvalue weighted by Crippen LogP contribution is -2.38. The molecular weight excluding hydrogens is 250 g/mol. The summed E-state index contributed by atoms with van der Waals surface area (Å²) in [5, 5.41) is 4.99. The zero-order chi connectivity index (χ0) is 12.6. The largest absolute Gasteiger partial charge is 0.359 e. The van der Waals surface area contributed by atoms with E-state index in [0.717, 1.165) is 11.2 Å². The summed E-state index contributed by atoms with van der Waals surface area (Å²) >= 11 is 9.46. The van der Waals surface area contributed by atoms with Gasteiger partial charge in [-0.3, -0.25) is 5.01 Å². The van der Waals surface area contributed by atoms with Gasteiger partial charge in [-0.1, -0.05) is 24.4 Å². The lowest BCUT2D eigenvalue weighted by molar-refractivity contribution is 0.435. The summed E-state index contributed by atoms with van der Waals surface area (Å²) in [5.74, 6) is 0. The number of thiocarbonyl (C=S) groups is 1. The van der Waals surface area contributed by atoms with E-state index in [4.69, 9.17) is 12.2 Å². The molecular formula is C12H15N3S2. The van der Waals surface area contributed by atoms with Gasteiger partial charge in [0.2, 0.25) is 0 Å². The molecule has 0 aliphatic heterocycles. The number of nitrogens with zero attached hydrogens (tertiary/aromatic N) is 2. The molecule has 1 N–H and O–H groups in total. The number of aryl methyl sites for hydroxylation is 1. The number of aromatic nitrogens is 1. The van der Waals surface area contributed by atoms with Crippen LogP contribution in [0, 0.1) is 6.92 Å². The number of anilines is 1. The number of benzene rings is 1. The average molecular weight is 265 g/mol. The molecule has 1 aromatic heterocycles. The zero-order valence-electron chi connectivity index (χ0n) is 10.1. The number of aromatic amines is 1. The van der Waals surface area contributed by atoms with E-state index in [1.54, 1.807) is 0 Å². The molecule has 0 aliphatic carbocycles. The minimum Gasteiger partial charge on any atom is -0.359 e. The molecule has 90 valence electrons. The van der Waals surface area contributed by atoms with Gasteiger partial charge >= 0.3 is 0 Å². The van der Waals surface area contributed by atoms with Gasteiger partial charge in [0.05, 0.1) is 5.69 Å². The predicted octanol–water partition coefficient (Wildman–Crippen LogP) is 2.97. The van der Waals surface area contributed by atoms with Crippen LogP contribution >= 0.6 is 24.8 Å². The van der Waals surface area contributed by atoms with Crippen LogP contribution in [0.15, 0.2) is 24.4 Å². The Labute approximate surface area is 112 Å². The maximum atomic E-state index is 5.18. The molecule has 0 bridgehead atoms. The first-order chi connectivity index (χ1) is 8.02. The zero-order valence-corrected chi connectivity index (χ0v) is 11.8. The first-order valence-electron chi connectivity index (χ1n) is 5.29. The van der Waals surface area contributed by atoms with Crippen LogP contribution in [0.3, 0.4) is 0 Å². The maximum absolute atomic E-state index is 5.18. The number of H-pyrrole nitrogens is 1. The summed E-state index contributed by atoms with van der Waals surface area (Å²) in [5.41, 5.74) is 3.36. The normalized spacial score (nSPS) is 11.1. The van der Waals surface area contributed by atoms with Gasteiger partial charge in [0.15, 0.2) is 4.32 Å². The highest BCUT2D eigenvalue weighted by Gasteiger charge is 2.17. The van der Waals surface area contributed by atoms with Gasteiger partial charge in [-0.2, -0.15) is 0 Å². The fourth-order valence-electron chi connectivity index (χ4n) is 2.00. The molecule has 0 fully saturated rings. The predicted molar refractivity (Wildman–Crippen MR) is 80.8 cm³/mol. The van der Waals surface area contributed by atoms with E-state index in [2.05, 4.69) is 36.7 Å². The summed E-state index contributed by atoms with van der Waals surface area (Å²) in [6, 6.07) is 6.19. The summed E-state index contributed by atoms with van der Waals surface area (Å²) in [6.45, 7) is 2.09. The fraction of sp³-hybridized carbons (Fsp3) is 0.250. The Morgan fingerprint density at radius 2 is 2.06 bits per heavy atom. The molecule has 3 nitrogen and oxygen atoms in total. The standard InChI is InChI=1S/C12H15N3S2/c1-8-5-4-6-9-11(8)10(7-13-9)15(12(16)17)14(2)3/h4-7,13H,1-3H3,(H,16,17). The van der Waals surface area contributed by atoms with Crippen molar-refractivity contribution >= 4 is 45.8 Å². The first kappa shape index (κ1) is 12.4. The Morgan fingerprint density at radius 1 is 1.35 bits per heavy atom. The van der Waals surface area contributed by atoms with E-state index < -0.39 is 0 Å².